The quantitative estimate of drug-likeness (QED) is 0.814. The molecule has 1 heterocycles. The van der Waals surface area contributed by atoms with Gasteiger partial charge in [-0.3, -0.25) is 9.48 Å². The van der Waals surface area contributed by atoms with Crippen molar-refractivity contribution >= 4 is 23.4 Å². The number of hydrogen-bond acceptors (Lipinski definition) is 3. The highest BCUT2D eigenvalue weighted by atomic mass is 32.2. The number of rotatable bonds is 5. The van der Waals surface area contributed by atoms with Gasteiger partial charge in [-0.2, -0.15) is 30.0 Å². The van der Waals surface area contributed by atoms with E-state index in [0.717, 1.165) is 16.4 Å². The Morgan fingerprint density at radius 3 is 2.48 bits per heavy atom. The predicted molar refractivity (Wildman–Crippen MR) is 93.7 cm³/mol. The van der Waals surface area contributed by atoms with E-state index in [1.807, 2.05) is 19.1 Å². The van der Waals surface area contributed by atoms with Crippen molar-refractivity contribution in [3.8, 4) is 0 Å². The molecule has 25 heavy (non-hydrogen) atoms. The van der Waals surface area contributed by atoms with Crippen molar-refractivity contribution in [3.63, 3.8) is 0 Å². The summed E-state index contributed by atoms with van der Waals surface area (Å²) in [6, 6.07) is 7.13. The Labute approximate surface area is 148 Å². The highest BCUT2D eigenvalue weighted by molar-refractivity contribution is 8.00. The number of halogens is 3. The number of carbonyl (C=O) groups is 1. The summed E-state index contributed by atoms with van der Waals surface area (Å²) < 4.78 is 40.1. The third-order valence-corrected chi connectivity index (χ3v) is 4.67. The molecule has 0 aliphatic carbocycles. The summed E-state index contributed by atoms with van der Waals surface area (Å²) in [7, 11) is 1.35. The van der Waals surface area contributed by atoms with E-state index in [1.165, 1.54) is 7.05 Å². The molecule has 0 saturated carbocycles. The lowest BCUT2D eigenvalue weighted by Crippen LogP contribution is -2.18. The first-order valence-corrected chi connectivity index (χ1v) is 8.70. The summed E-state index contributed by atoms with van der Waals surface area (Å²) >= 11 is 1.71. The first-order chi connectivity index (χ1) is 11.6. The number of alkyl halides is 3. The number of anilines is 1. The number of aryl methyl sites for hydroxylation is 1. The molecule has 0 spiro atoms. The fourth-order valence-corrected chi connectivity index (χ4v) is 3.67. The molecule has 8 heteroatoms. The van der Waals surface area contributed by atoms with Crippen LogP contribution in [0.25, 0.3) is 0 Å². The first-order valence-electron chi connectivity index (χ1n) is 7.76. The fraction of sp³-hybridized carbons (Fsp3) is 0.412. The lowest BCUT2D eigenvalue weighted by molar-refractivity contribution is -0.141. The maximum absolute atomic E-state index is 13.1. The number of benzene rings is 1. The van der Waals surface area contributed by atoms with Crippen LogP contribution in [0.3, 0.4) is 0 Å². The Kier molecular flexibility index (Phi) is 5.82. The standard InChI is InChI=1S/C17H20F3N3OS/c1-10(2)25-11(3)12-7-5-6-8-14(12)21-16(24)13-9-23(4)22-15(13)17(18,19)20/h5-11H,1-4H3,(H,21,24). The van der Waals surface area contributed by atoms with Crippen molar-refractivity contribution in [3.05, 3.63) is 47.3 Å². The number of thioether (sulfide) groups is 1. The highest BCUT2D eigenvalue weighted by Crippen LogP contribution is 2.36. The zero-order chi connectivity index (χ0) is 18.8. The average molecular weight is 371 g/mol. The van der Waals surface area contributed by atoms with Crippen LogP contribution < -0.4 is 5.32 Å². The molecule has 2 aromatic rings. The summed E-state index contributed by atoms with van der Waals surface area (Å²) in [5, 5.41) is 6.44. The summed E-state index contributed by atoms with van der Waals surface area (Å²) in [5.74, 6) is -0.824. The van der Waals surface area contributed by atoms with Crippen LogP contribution in [-0.2, 0) is 13.2 Å². The molecule has 1 unspecified atom stereocenters. The Balaban J connectivity index is 2.31. The van der Waals surface area contributed by atoms with E-state index in [4.69, 9.17) is 0 Å². The lowest BCUT2D eigenvalue weighted by Gasteiger charge is -2.18. The molecule has 2 rings (SSSR count). The summed E-state index contributed by atoms with van der Waals surface area (Å²) in [4.78, 5) is 12.4. The molecular weight excluding hydrogens is 351 g/mol. The van der Waals surface area contributed by atoms with Crippen LogP contribution in [-0.4, -0.2) is 20.9 Å². The molecule has 1 N–H and O–H groups in total. The van der Waals surface area contributed by atoms with Crippen LogP contribution in [0.15, 0.2) is 30.5 Å². The van der Waals surface area contributed by atoms with Crippen LogP contribution in [0, 0.1) is 0 Å². The summed E-state index contributed by atoms with van der Waals surface area (Å²) in [5.41, 5.74) is -0.305. The van der Waals surface area contributed by atoms with Gasteiger partial charge >= 0.3 is 6.18 Å². The molecule has 1 aromatic heterocycles. The van der Waals surface area contributed by atoms with Gasteiger partial charge in [0, 0.05) is 24.2 Å². The highest BCUT2D eigenvalue weighted by Gasteiger charge is 2.39. The number of nitrogens with one attached hydrogen (secondary N) is 1. The van der Waals surface area contributed by atoms with Crippen LogP contribution in [0.4, 0.5) is 18.9 Å². The zero-order valence-electron chi connectivity index (χ0n) is 14.4. The van der Waals surface area contributed by atoms with E-state index in [2.05, 4.69) is 24.3 Å². The molecule has 1 atom stereocenters. The van der Waals surface area contributed by atoms with Crippen LogP contribution in [0.5, 0.6) is 0 Å². The van der Waals surface area contributed by atoms with E-state index >= 15 is 0 Å². The molecule has 4 nitrogen and oxygen atoms in total. The van der Waals surface area contributed by atoms with E-state index < -0.39 is 23.3 Å². The minimum absolute atomic E-state index is 0.0903. The maximum Gasteiger partial charge on any atom is 0.435 e. The van der Waals surface area contributed by atoms with E-state index in [-0.39, 0.29) is 5.25 Å². The summed E-state index contributed by atoms with van der Waals surface area (Å²) in [6.45, 7) is 6.13. The van der Waals surface area contributed by atoms with Gasteiger partial charge in [-0.25, -0.2) is 0 Å². The number of para-hydroxylation sites is 1. The lowest BCUT2D eigenvalue weighted by atomic mass is 10.1. The van der Waals surface area contributed by atoms with Gasteiger partial charge in [0.2, 0.25) is 0 Å². The van der Waals surface area contributed by atoms with E-state index in [0.29, 0.717) is 10.9 Å². The Morgan fingerprint density at radius 2 is 1.88 bits per heavy atom. The molecule has 0 bridgehead atoms. The molecule has 0 saturated heterocycles. The van der Waals surface area contributed by atoms with E-state index in [1.54, 1.807) is 23.9 Å². The normalized spacial score (nSPS) is 13.1. The van der Waals surface area contributed by atoms with Gasteiger partial charge in [-0.15, -0.1) is 0 Å². The number of nitrogens with zero attached hydrogens (tertiary/aromatic N) is 2. The molecule has 136 valence electrons. The SMILES string of the molecule is CC(C)SC(C)c1ccccc1NC(=O)c1cn(C)nc1C(F)(F)F. The van der Waals surface area contributed by atoms with Gasteiger partial charge in [0.05, 0.1) is 5.56 Å². The van der Waals surface area contributed by atoms with Crippen molar-refractivity contribution < 1.29 is 18.0 Å². The second-order valence-corrected chi connectivity index (χ2v) is 7.85. The molecule has 0 aliphatic rings. The van der Waals surface area contributed by atoms with Crippen molar-refractivity contribution in [2.75, 3.05) is 5.32 Å². The maximum atomic E-state index is 13.1. The topological polar surface area (TPSA) is 46.9 Å². The first kappa shape index (κ1) is 19.4. The monoisotopic (exact) mass is 371 g/mol. The van der Waals surface area contributed by atoms with Crippen LogP contribution >= 0.6 is 11.8 Å². The smallest absolute Gasteiger partial charge is 0.322 e. The third kappa shape index (κ3) is 4.78. The second kappa shape index (κ2) is 7.51. The molecule has 0 radical (unpaired) electrons. The van der Waals surface area contributed by atoms with Gasteiger partial charge in [0.1, 0.15) is 0 Å². The number of hydrogen-bond donors (Lipinski definition) is 1. The second-order valence-electron chi connectivity index (χ2n) is 5.93. The Morgan fingerprint density at radius 1 is 1.24 bits per heavy atom. The van der Waals surface area contributed by atoms with Crippen molar-refractivity contribution in [1.29, 1.82) is 0 Å². The Bertz CT molecular complexity index is 756. The van der Waals surface area contributed by atoms with Crippen LogP contribution in [0.1, 0.15) is 47.6 Å². The molecule has 1 aromatic carbocycles. The minimum atomic E-state index is -4.69. The average Bonchev–Trinajstić information content (AvgIpc) is 2.89. The Hall–Kier alpha value is -1.96. The number of carbonyl (C=O) groups excluding carboxylic acids is 1. The van der Waals surface area contributed by atoms with Gasteiger partial charge in [0.15, 0.2) is 5.69 Å². The fourth-order valence-electron chi connectivity index (χ4n) is 2.50. The van der Waals surface area contributed by atoms with Crippen molar-refractivity contribution in [2.45, 2.75) is 37.4 Å². The number of aromatic nitrogens is 2. The van der Waals surface area contributed by atoms with Gasteiger partial charge in [0.25, 0.3) is 5.91 Å². The zero-order valence-corrected chi connectivity index (χ0v) is 15.2. The minimum Gasteiger partial charge on any atom is -0.322 e. The molecule has 0 fully saturated rings. The third-order valence-electron chi connectivity index (χ3n) is 3.47. The molecule has 1 amide bonds. The molecular formula is C17H20F3N3OS. The largest absolute Gasteiger partial charge is 0.435 e. The van der Waals surface area contributed by atoms with Crippen LogP contribution in [0.2, 0.25) is 0 Å². The molecule has 0 aliphatic heterocycles. The number of amides is 1. The van der Waals surface area contributed by atoms with E-state index in [9.17, 15) is 18.0 Å². The predicted octanol–water partition coefficient (Wildman–Crippen LogP) is 4.89. The summed E-state index contributed by atoms with van der Waals surface area (Å²) in [6.07, 6.45) is -3.61. The van der Waals surface area contributed by atoms with Gasteiger partial charge in [-0.05, 0) is 23.8 Å². The van der Waals surface area contributed by atoms with Crippen molar-refractivity contribution in [2.24, 2.45) is 7.05 Å². The van der Waals surface area contributed by atoms with Gasteiger partial charge < -0.3 is 5.32 Å². The van der Waals surface area contributed by atoms with Crippen molar-refractivity contribution in [1.82, 2.24) is 9.78 Å². The van der Waals surface area contributed by atoms with Gasteiger partial charge in [-0.1, -0.05) is 32.0 Å².